The Labute approximate surface area is 236 Å². The average molecular weight is 641 g/mol. The summed E-state index contributed by atoms with van der Waals surface area (Å²) in [4.78, 5) is 0. The minimum Gasteiger partial charge on any atom is -0.305 e. The summed E-state index contributed by atoms with van der Waals surface area (Å²) in [5.41, 5.74) is 5.33. The van der Waals surface area contributed by atoms with Crippen molar-refractivity contribution in [1.82, 2.24) is 4.57 Å². The summed E-state index contributed by atoms with van der Waals surface area (Å²) < 4.78 is 22.7. The second kappa shape index (κ2) is 6.99. The summed E-state index contributed by atoms with van der Waals surface area (Å²) in [7, 11) is 2.23. The fourth-order valence-electron chi connectivity index (χ4n) is 5.10. The Morgan fingerprint density at radius 3 is 1.94 bits per heavy atom. The number of benzene rings is 1. The molecule has 0 unspecified atom stereocenters. The summed E-state index contributed by atoms with van der Waals surface area (Å²) in [6.45, 7) is 2.17. The molecule has 35 heavy (non-hydrogen) atoms. The van der Waals surface area contributed by atoms with Crippen LogP contribution in [0.1, 0.15) is 5.56 Å². The Morgan fingerprint density at radius 1 is 0.600 bits per heavy atom. The lowest BCUT2D eigenvalue weighted by atomic mass is 10.1. The molecule has 1 aromatic carbocycles. The van der Waals surface area contributed by atoms with Crippen molar-refractivity contribution in [2.75, 3.05) is 0 Å². The predicted molar refractivity (Wildman–Crippen MR) is 174 cm³/mol. The van der Waals surface area contributed by atoms with Gasteiger partial charge in [-0.15, -0.1) is 79.4 Å². The molecule has 9 rings (SSSR count). The van der Waals surface area contributed by atoms with Gasteiger partial charge in [-0.2, -0.15) is 0 Å². The van der Waals surface area contributed by atoms with Gasteiger partial charge in [0.1, 0.15) is 0 Å². The van der Waals surface area contributed by atoms with E-state index in [0.717, 1.165) is 0 Å². The molecule has 0 saturated heterocycles. The maximum atomic E-state index is 3.73. The molecule has 8 heterocycles. The normalized spacial score (nSPS) is 13.0. The molecule has 9 aromatic rings. The Bertz CT molecular complexity index is 2300. The summed E-state index contributed by atoms with van der Waals surface area (Å²) in [6.07, 6.45) is 0. The number of halogens is 1. The monoisotopic (exact) mass is 639 g/mol. The minimum absolute atomic E-state index is 1.21. The van der Waals surface area contributed by atoms with Gasteiger partial charge in [0, 0.05) is 15.1 Å². The number of hydrogen-bond acceptors (Lipinski definition) is 7. The quantitative estimate of drug-likeness (QED) is 0.157. The molecule has 8 aromatic heterocycles. The molecule has 0 fully saturated rings. The molecule has 10 heteroatoms. The van der Waals surface area contributed by atoms with Crippen molar-refractivity contribution in [2.24, 2.45) is 0 Å². The highest BCUT2D eigenvalue weighted by Crippen LogP contribution is 2.57. The zero-order valence-corrected chi connectivity index (χ0v) is 25.4. The van der Waals surface area contributed by atoms with Crippen LogP contribution in [0.4, 0.5) is 0 Å². The first-order valence-electron chi connectivity index (χ1n) is 10.9. The van der Waals surface area contributed by atoms with Crippen LogP contribution >= 0.6 is 95.3 Å². The Kier molecular flexibility index (Phi) is 4.15. The summed E-state index contributed by atoms with van der Waals surface area (Å²) >= 11 is 17.5. The number of thiophene rings is 7. The van der Waals surface area contributed by atoms with E-state index in [1.54, 1.807) is 0 Å². The molecule has 1 nitrogen and oxygen atoms in total. The van der Waals surface area contributed by atoms with Gasteiger partial charge in [0.15, 0.2) is 7.85 Å². The van der Waals surface area contributed by atoms with Crippen molar-refractivity contribution < 1.29 is 0 Å². The van der Waals surface area contributed by atoms with Crippen LogP contribution in [0.25, 0.3) is 73.1 Å². The van der Waals surface area contributed by atoms with E-state index in [-0.39, 0.29) is 0 Å². The number of hydrogen-bond donors (Lipinski definition) is 0. The van der Waals surface area contributed by atoms with Crippen molar-refractivity contribution in [2.45, 2.75) is 6.92 Å². The van der Waals surface area contributed by atoms with Crippen LogP contribution in [0.2, 0.25) is 0 Å². The summed E-state index contributed by atoms with van der Waals surface area (Å²) in [5.74, 6) is 0. The standard InChI is InChI=1S/C25H11BBrNS7/c1-8-2-4-9(5-3-8)28-14-16-11(7-13(27)32-16)29-18(14)19-15(28)20-22(33-19)24-25(34-20)23-21(35-24)17-10(30-23)6-12(26)31-17/h2-7H,26H2,1H3. The van der Waals surface area contributed by atoms with E-state index in [1.165, 1.54) is 87.2 Å². The zero-order chi connectivity index (χ0) is 23.2. The number of rotatable bonds is 1. The van der Waals surface area contributed by atoms with E-state index in [1.807, 2.05) is 79.4 Å². The van der Waals surface area contributed by atoms with Crippen LogP contribution in [-0.2, 0) is 0 Å². The maximum Gasteiger partial charge on any atom is 0.152 e. The molecule has 0 aliphatic heterocycles. The molecule has 0 N–H and O–H groups in total. The predicted octanol–water partition coefficient (Wildman–Crippen LogP) is 10.3. The second-order valence-corrected chi connectivity index (χ2v) is 17.7. The molecular formula is C25H11BBrNS7. The number of nitrogens with zero attached hydrogens (tertiary/aromatic N) is 1. The van der Waals surface area contributed by atoms with Gasteiger partial charge in [-0.25, -0.2) is 0 Å². The summed E-state index contributed by atoms with van der Waals surface area (Å²) in [6, 6.07) is 13.7. The molecule has 0 bridgehead atoms. The minimum atomic E-state index is 1.21. The van der Waals surface area contributed by atoms with Gasteiger partial charge in [-0.3, -0.25) is 0 Å². The Hall–Kier alpha value is -1.24. The van der Waals surface area contributed by atoms with Gasteiger partial charge in [0.05, 0.1) is 61.8 Å². The molecule has 0 amide bonds. The topological polar surface area (TPSA) is 4.93 Å². The van der Waals surface area contributed by atoms with Crippen LogP contribution in [0.15, 0.2) is 40.2 Å². The first-order valence-corrected chi connectivity index (χ1v) is 17.5. The lowest BCUT2D eigenvalue weighted by molar-refractivity contribution is 1.19. The third kappa shape index (κ3) is 2.62. The highest BCUT2D eigenvalue weighted by molar-refractivity contribution is 9.11. The third-order valence-corrected chi connectivity index (χ3v) is 16.4. The highest BCUT2D eigenvalue weighted by Gasteiger charge is 2.27. The van der Waals surface area contributed by atoms with Crippen molar-refractivity contribution >= 4 is 175 Å². The van der Waals surface area contributed by atoms with E-state index in [4.69, 9.17) is 0 Å². The van der Waals surface area contributed by atoms with Crippen molar-refractivity contribution in [3.8, 4) is 5.69 Å². The molecular weight excluding hydrogens is 629 g/mol. The van der Waals surface area contributed by atoms with Crippen LogP contribution in [0.5, 0.6) is 0 Å². The van der Waals surface area contributed by atoms with Crippen LogP contribution in [-0.4, -0.2) is 12.4 Å². The van der Waals surface area contributed by atoms with Crippen molar-refractivity contribution in [3.05, 3.63) is 45.7 Å². The van der Waals surface area contributed by atoms with Gasteiger partial charge in [-0.1, -0.05) is 17.7 Å². The van der Waals surface area contributed by atoms with E-state index in [9.17, 15) is 0 Å². The number of fused-ring (bicyclic) bond motifs is 13. The van der Waals surface area contributed by atoms with Gasteiger partial charge < -0.3 is 4.57 Å². The Balaban J connectivity index is 1.47. The van der Waals surface area contributed by atoms with Crippen LogP contribution in [0, 0.1) is 6.92 Å². The highest BCUT2D eigenvalue weighted by atomic mass is 79.9. The fraction of sp³-hybridized carbons (Fsp3) is 0.0400. The van der Waals surface area contributed by atoms with E-state index < -0.39 is 0 Å². The number of aryl methyl sites for hydroxylation is 1. The van der Waals surface area contributed by atoms with Gasteiger partial charge in [-0.05, 0) is 51.9 Å². The largest absolute Gasteiger partial charge is 0.305 e. The number of aromatic nitrogens is 1. The SMILES string of the molecule is Bc1cc2sc3c(sc4c3sc3c4sc4c5sc6cc(Br)sc6c5n(-c5ccc(C)cc5)c34)c2s1. The van der Waals surface area contributed by atoms with Gasteiger partial charge >= 0.3 is 0 Å². The van der Waals surface area contributed by atoms with Crippen molar-refractivity contribution in [1.29, 1.82) is 0 Å². The molecule has 0 saturated carbocycles. The second-order valence-electron chi connectivity index (χ2n) is 8.81. The molecule has 0 aliphatic rings. The summed E-state index contributed by atoms with van der Waals surface area (Å²) in [5, 5.41) is 0. The molecule has 168 valence electrons. The van der Waals surface area contributed by atoms with E-state index in [2.05, 4.69) is 71.7 Å². The van der Waals surface area contributed by atoms with E-state index in [0.29, 0.717) is 0 Å². The van der Waals surface area contributed by atoms with Gasteiger partial charge in [0.2, 0.25) is 0 Å². The first-order chi connectivity index (χ1) is 17.0. The van der Waals surface area contributed by atoms with Crippen LogP contribution < -0.4 is 4.78 Å². The lowest BCUT2D eigenvalue weighted by Crippen LogP contribution is -1.92. The van der Waals surface area contributed by atoms with Crippen molar-refractivity contribution in [3.63, 3.8) is 0 Å². The Morgan fingerprint density at radius 2 is 1.14 bits per heavy atom. The van der Waals surface area contributed by atoms with Gasteiger partial charge in [0.25, 0.3) is 0 Å². The molecule has 0 radical (unpaired) electrons. The van der Waals surface area contributed by atoms with Crippen LogP contribution in [0.3, 0.4) is 0 Å². The van der Waals surface area contributed by atoms with E-state index >= 15 is 0 Å². The zero-order valence-electron chi connectivity index (χ0n) is 18.1. The maximum absolute atomic E-state index is 3.73. The fourth-order valence-corrected chi connectivity index (χ4v) is 15.8. The average Bonchev–Trinajstić information content (AvgIpc) is 3.63. The molecule has 0 spiro atoms. The smallest absolute Gasteiger partial charge is 0.152 e. The molecule has 0 atom stereocenters. The third-order valence-electron chi connectivity index (χ3n) is 6.57. The lowest BCUT2D eigenvalue weighted by Gasteiger charge is -2.07. The molecule has 0 aliphatic carbocycles. The first kappa shape index (κ1) is 20.8.